The monoisotopic (exact) mass is 364 g/mol. The highest BCUT2D eigenvalue weighted by atomic mass is 16.5. The molecular formula is C20H20N4O3. The summed E-state index contributed by atoms with van der Waals surface area (Å²) >= 11 is 0. The van der Waals surface area contributed by atoms with Crippen molar-refractivity contribution < 1.29 is 14.3 Å². The number of amides is 2. The zero-order valence-electron chi connectivity index (χ0n) is 14.8. The number of aromatic nitrogens is 2. The largest absolute Gasteiger partial charge is 0.445 e. The maximum absolute atomic E-state index is 12.2. The number of hydrogen-bond donors (Lipinski definition) is 2. The fourth-order valence-corrected chi connectivity index (χ4v) is 2.38. The van der Waals surface area contributed by atoms with Crippen molar-refractivity contribution in [1.82, 2.24) is 15.1 Å². The quantitative estimate of drug-likeness (QED) is 0.704. The third-order valence-electron chi connectivity index (χ3n) is 3.84. The minimum Gasteiger partial charge on any atom is -0.445 e. The number of nitrogens with zero attached hydrogens (tertiary/aromatic N) is 2. The molecule has 0 unspecified atom stereocenters. The number of ether oxygens (including phenoxy) is 1. The van der Waals surface area contributed by atoms with Crippen LogP contribution in [-0.4, -0.2) is 27.8 Å². The Morgan fingerprint density at radius 3 is 2.48 bits per heavy atom. The molecule has 1 heterocycles. The summed E-state index contributed by atoms with van der Waals surface area (Å²) in [4.78, 5) is 24.1. The minimum atomic E-state index is -0.737. The Morgan fingerprint density at radius 2 is 1.81 bits per heavy atom. The summed E-state index contributed by atoms with van der Waals surface area (Å²) < 4.78 is 6.84. The minimum absolute atomic E-state index is 0.149. The topological polar surface area (TPSA) is 85.2 Å². The van der Waals surface area contributed by atoms with Crippen molar-refractivity contribution >= 4 is 17.7 Å². The zero-order chi connectivity index (χ0) is 19.1. The second-order valence-corrected chi connectivity index (χ2v) is 5.91. The summed E-state index contributed by atoms with van der Waals surface area (Å²) in [5, 5.41) is 9.42. The van der Waals surface area contributed by atoms with Gasteiger partial charge in [-0.05, 0) is 42.8 Å². The summed E-state index contributed by atoms with van der Waals surface area (Å²) in [6, 6.07) is 17.7. The number of alkyl carbamates (subject to hydrolysis) is 1. The molecular weight excluding hydrogens is 344 g/mol. The van der Waals surface area contributed by atoms with E-state index >= 15 is 0 Å². The molecule has 27 heavy (non-hydrogen) atoms. The molecule has 1 aromatic heterocycles. The number of rotatable bonds is 6. The average molecular weight is 364 g/mol. The third-order valence-corrected chi connectivity index (χ3v) is 3.84. The van der Waals surface area contributed by atoms with Gasteiger partial charge in [0.1, 0.15) is 12.6 Å². The number of nitrogens with one attached hydrogen (secondary N) is 2. The predicted molar refractivity (Wildman–Crippen MR) is 101 cm³/mol. The lowest BCUT2D eigenvalue weighted by atomic mass is 10.2. The van der Waals surface area contributed by atoms with Gasteiger partial charge in [0.05, 0.1) is 5.69 Å². The lowest BCUT2D eigenvalue weighted by molar-refractivity contribution is -0.117. The van der Waals surface area contributed by atoms with Gasteiger partial charge in [0.2, 0.25) is 5.91 Å². The van der Waals surface area contributed by atoms with Gasteiger partial charge in [0.15, 0.2) is 0 Å². The van der Waals surface area contributed by atoms with Crippen molar-refractivity contribution in [3.63, 3.8) is 0 Å². The SMILES string of the molecule is C[C@@H](NC(=O)OCc1ccccc1)C(=O)Nc1ccc(-n2cccn2)cc1. The van der Waals surface area contributed by atoms with Crippen LogP contribution in [0, 0.1) is 0 Å². The second kappa shape index (κ2) is 8.66. The van der Waals surface area contributed by atoms with Crippen LogP contribution >= 0.6 is 0 Å². The molecule has 3 aromatic rings. The van der Waals surface area contributed by atoms with Crippen LogP contribution in [0.25, 0.3) is 5.69 Å². The van der Waals surface area contributed by atoms with Crippen molar-refractivity contribution in [1.29, 1.82) is 0 Å². The van der Waals surface area contributed by atoms with Crippen LogP contribution in [0.4, 0.5) is 10.5 Å². The number of hydrogen-bond acceptors (Lipinski definition) is 4. The molecule has 7 heteroatoms. The summed E-state index contributed by atoms with van der Waals surface area (Å²) in [5.74, 6) is -0.335. The van der Waals surface area contributed by atoms with Crippen LogP contribution in [0.15, 0.2) is 73.1 Å². The Kier molecular flexibility index (Phi) is 5.84. The molecule has 0 aliphatic rings. The van der Waals surface area contributed by atoms with Crippen molar-refractivity contribution in [2.75, 3.05) is 5.32 Å². The predicted octanol–water partition coefficient (Wildman–Crippen LogP) is 3.13. The van der Waals surface area contributed by atoms with Gasteiger partial charge < -0.3 is 15.4 Å². The standard InChI is InChI=1S/C20H20N4O3/c1-15(22-20(26)27-14-16-6-3-2-4-7-16)19(25)23-17-8-10-18(11-9-17)24-13-5-12-21-24/h2-13,15H,14H2,1H3,(H,22,26)(H,23,25)/t15-/m1/s1. The van der Waals surface area contributed by atoms with Gasteiger partial charge in [0.25, 0.3) is 0 Å². The molecule has 2 aromatic carbocycles. The Morgan fingerprint density at radius 1 is 1.07 bits per heavy atom. The van der Waals surface area contributed by atoms with Crippen LogP contribution in [0.5, 0.6) is 0 Å². The van der Waals surface area contributed by atoms with Gasteiger partial charge in [-0.1, -0.05) is 30.3 Å². The van der Waals surface area contributed by atoms with Crippen LogP contribution in [0.2, 0.25) is 0 Å². The summed E-state index contributed by atoms with van der Waals surface area (Å²) in [5.41, 5.74) is 2.39. The van der Waals surface area contributed by atoms with E-state index < -0.39 is 12.1 Å². The summed E-state index contributed by atoms with van der Waals surface area (Å²) in [6.07, 6.45) is 2.89. The van der Waals surface area contributed by atoms with Crippen LogP contribution in [0.1, 0.15) is 12.5 Å². The Bertz CT molecular complexity index is 877. The van der Waals surface area contributed by atoms with Crippen LogP contribution < -0.4 is 10.6 Å². The Labute approximate surface area is 157 Å². The van der Waals surface area contributed by atoms with Crippen LogP contribution in [-0.2, 0) is 16.1 Å². The van der Waals surface area contributed by atoms with Crippen molar-refractivity contribution in [2.24, 2.45) is 0 Å². The smallest absolute Gasteiger partial charge is 0.408 e. The normalized spacial score (nSPS) is 11.4. The highest BCUT2D eigenvalue weighted by Gasteiger charge is 2.16. The van der Waals surface area contributed by atoms with Gasteiger partial charge in [-0.15, -0.1) is 0 Å². The van der Waals surface area contributed by atoms with Gasteiger partial charge >= 0.3 is 6.09 Å². The molecule has 0 spiro atoms. The van der Waals surface area contributed by atoms with E-state index in [0.717, 1.165) is 11.3 Å². The first kappa shape index (κ1) is 18.2. The van der Waals surface area contributed by atoms with E-state index in [1.807, 2.05) is 54.7 Å². The molecule has 1 atom stereocenters. The Balaban J connectivity index is 1.47. The molecule has 2 amide bonds. The maximum atomic E-state index is 12.2. The summed E-state index contributed by atoms with van der Waals surface area (Å²) in [6.45, 7) is 1.74. The first-order valence-electron chi connectivity index (χ1n) is 8.50. The number of carbonyl (C=O) groups is 2. The number of anilines is 1. The van der Waals surface area contributed by atoms with E-state index in [4.69, 9.17) is 4.74 Å². The van der Waals surface area contributed by atoms with Crippen molar-refractivity contribution in [3.8, 4) is 5.69 Å². The maximum Gasteiger partial charge on any atom is 0.408 e. The molecule has 0 saturated carbocycles. The van der Waals surface area contributed by atoms with Gasteiger partial charge in [-0.25, -0.2) is 9.48 Å². The van der Waals surface area contributed by atoms with Crippen LogP contribution in [0.3, 0.4) is 0 Å². The zero-order valence-corrected chi connectivity index (χ0v) is 14.8. The fourth-order valence-electron chi connectivity index (χ4n) is 2.38. The van der Waals surface area contributed by atoms with E-state index in [0.29, 0.717) is 5.69 Å². The molecule has 2 N–H and O–H groups in total. The molecule has 0 radical (unpaired) electrons. The third kappa shape index (κ3) is 5.18. The van der Waals surface area contributed by atoms with Gasteiger partial charge in [-0.3, -0.25) is 4.79 Å². The van der Waals surface area contributed by atoms with Gasteiger partial charge in [0, 0.05) is 18.1 Å². The molecule has 0 aliphatic carbocycles. The second-order valence-electron chi connectivity index (χ2n) is 5.91. The lowest BCUT2D eigenvalue weighted by Gasteiger charge is -2.14. The molecule has 0 aliphatic heterocycles. The van der Waals surface area contributed by atoms with E-state index in [2.05, 4.69) is 15.7 Å². The van der Waals surface area contributed by atoms with E-state index in [1.165, 1.54) is 0 Å². The first-order chi connectivity index (χ1) is 13.1. The number of benzene rings is 2. The molecule has 0 bridgehead atoms. The highest BCUT2D eigenvalue weighted by Crippen LogP contribution is 2.12. The molecule has 0 saturated heterocycles. The van der Waals surface area contributed by atoms with Crippen molar-refractivity contribution in [2.45, 2.75) is 19.6 Å². The molecule has 138 valence electrons. The van der Waals surface area contributed by atoms with E-state index in [-0.39, 0.29) is 12.5 Å². The van der Waals surface area contributed by atoms with Gasteiger partial charge in [-0.2, -0.15) is 5.10 Å². The molecule has 3 rings (SSSR count). The molecule has 0 fully saturated rings. The highest BCUT2D eigenvalue weighted by molar-refractivity contribution is 5.96. The average Bonchev–Trinajstić information content (AvgIpc) is 3.22. The first-order valence-corrected chi connectivity index (χ1v) is 8.50. The fraction of sp³-hybridized carbons (Fsp3) is 0.150. The summed E-state index contributed by atoms with van der Waals surface area (Å²) in [7, 11) is 0. The lowest BCUT2D eigenvalue weighted by Crippen LogP contribution is -2.41. The van der Waals surface area contributed by atoms with E-state index in [1.54, 1.807) is 29.9 Å². The van der Waals surface area contributed by atoms with Crippen molar-refractivity contribution in [3.05, 3.63) is 78.6 Å². The Hall–Kier alpha value is -3.61. The molecule has 7 nitrogen and oxygen atoms in total. The van der Waals surface area contributed by atoms with E-state index in [9.17, 15) is 9.59 Å². The number of carbonyl (C=O) groups excluding carboxylic acids is 2.